The molecule has 0 radical (unpaired) electrons. The highest BCUT2D eigenvalue weighted by molar-refractivity contribution is 9.11. The fraction of sp³-hybridized carbons (Fsp3) is 0.0909. The van der Waals surface area contributed by atoms with E-state index in [2.05, 4.69) is 42.4 Å². The summed E-state index contributed by atoms with van der Waals surface area (Å²) in [4.78, 5) is 12.2. The number of benzene rings is 3. The van der Waals surface area contributed by atoms with Crippen LogP contribution in [0.5, 0.6) is 23.0 Å². The first-order chi connectivity index (χ1) is 14.8. The molecule has 7 nitrogen and oxygen atoms in total. The van der Waals surface area contributed by atoms with Crippen LogP contribution in [0.25, 0.3) is 0 Å². The molecule has 0 heterocycles. The van der Waals surface area contributed by atoms with Gasteiger partial charge < -0.3 is 20.1 Å². The Kier molecular flexibility index (Phi) is 7.19. The van der Waals surface area contributed by atoms with Gasteiger partial charge in [0.1, 0.15) is 12.4 Å². The summed E-state index contributed by atoms with van der Waals surface area (Å²) in [6, 6.07) is 13.3. The minimum Gasteiger partial charge on any atom is -0.504 e. The number of carbonyl (C=O) groups excluding carboxylic acids is 1. The molecule has 4 N–H and O–H groups in total. The zero-order chi connectivity index (χ0) is 22.5. The first-order valence-electron chi connectivity index (χ1n) is 9.01. The van der Waals surface area contributed by atoms with Crippen molar-refractivity contribution in [2.24, 2.45) is 5.10 Å². The first kappa shape index (κ1) is 22.6. The maximum absolute atomic E-state index is 12.2. The Balaban J connectivity index is 1.60. The number of nitrogens with one attached hydrogen (secondary N) is 1. The molecule has 0 fully saturated rings. The Bertz CT molecular complexity index is 1120. The SMILES string of the molecule is Cc1cc(Br)c(OCc2ccc(C(=O)N/N=C/c3ccc(O)c(O)c3O)cc2)c(Br)c1. The van der Waals surface area contributed by atoms with Gasteiger partial charge in [-0.05, 0) is 86.3 Å². The molecule has 0 aliphatic carbocycles. The van der Waals surface area contributed by atoms with E-state index < -0.39 is 23.2 Å². The summed E-state index contributed by atoms with van der Waals surface area (Å²) in [7, 11) is 0. The smallest absolute Gasteiger partial charge is 0.271 e. The number of ether oxygens (including phenoxy) is 1. The maximum atomic E-state index is 12.2. The lowest BCUT2D eigenvalue weighted by Crippen LogP contribution is -2.17. The molecule has 3 aromatic rings. The third kappa shape index (κ3) is 5.56. The fourth-order valence-corrected chi connectivity index (χ4v) is 4.29. The van der Waals surface area contributed by atoms with E-state index >= 15 is 0 Å². The van der Waals surface area contributed by atoms with Crippen molar-refractivity contribution >= 4 is 44.0 Å². The van der Waals surface area contributed by atoms with Crippen LogP contribution in [0.15, 0.2) is 62.6 Å². The van der Waals surface area contributed by atoms with E-state index in [0.717, 1.165) is 26.3 Å². The van der Waals surface area contributed by atoms with Gasteiger partial charge in [0.25, 0.3) is 5.91 Å². The van der Waals surface area contributed by atoms with E-state index in [9.17, 15) is 20.1 Å². The van der Waals surface area contributed by atoms with Crippen molar-refractivity contribution in [1.82, 2.24) is 5.43 Å². The average Bonchev–Trinajstić information content (AvgIpc) is 2.73. The van der Waals surface area contributed by atoms with E-state index in [1.54, 1.807) is 24.3 Å². The van der Waals surface area contributed by atoms with Crippen LogP contribution in [0, 0.1) is 6.92 Å². The molecule has 0 aromatic heterocycles. The molecule has 0 saturated heterocycles. The molecule has 0 aliphatic heterocycles. The predicted octanol–water partition coefficient (Wildman–Crippen LogP) is 4.98. The van der Waals surface area contributed by atoms with Crippen LogP contribution < -0.4 is 10.2 Å². The van der Waals surface area contributed by atoms with Crippen molar-refractivity contribution in [3.63, 3.8) is 0 Å². The number of rotatable bonds is 6. The predicted molar refractivity (Wildman–Crippen MR) is 124 cm³/mol. The molecular weight excluding hydrogens is 532 g/mol. The number of phenolic OH excluding ortho intramolecular Hbond substituents is 3. The highest BCUT2D eigenvalue weighted by Crippen LogP contribution is 2.36. The van der Waals surface area contributed by atoms with Gasteiger partial charge in [0.15, 0.2) is 11.5 Å². The molecule has 0 atom stereocenters. The van der Waals surface area contributed by atoms with Crippen molar-refractivity contribution < 1.29 is 24.9 Å². The van der Waals surface area contributed by atoms with Crippen LogP contribution >= 0.6 is 31.9 Å². The Morgan fingerprint density at radius 1 is 1.03 bits per heavy atom. The zero-order valence-electron chi connectivity index (χ0n) is 16.3. The standard InChI is InChI=1S/C22H18Br2N2O5/c1-12-8-16(23)21(17(24)9-12)31-11-13-2-4-14(5-3-13)22(30)26-25-10-15-6-7-18(27)20(29)19(15)28/h2-10,27-29H,11H2,1H3,(H,26,30)/b25-10+. The lowest BCUT2D eigenvalue weighted by atomic mass is 10.1. The quantitative estimate of drug-likeness (QED) is 0.197. The van der Waals surface area contributed by atoms with Crippen molar-refractivity contribution in [1.29, 1.82) is 0 Å². The van der Waals surface area contributed by atoms with Gasteiger partial charge in [-0.3, -0.25) is 4.79 Å². The third-order valence-corrected chi connectivity index (χ3v) is 5.45. The molecule has 3 rings (SSSR count). The van der Waals surface area contributed by atoms with Crippen LogP contribution in [-0.4, -0.2) is 27.4 Å². The molecule has 3 aromatic carbocycles. The monoisotopic (exact) mass is 548 g/mol. The van der Waals surface area contributed by atoms with E-state index in [0.29, 0.717) is 17.9 Å². The molecule has 0 aliphatic rings. The number of halogens is 2. The molecule has 0 saturated carbocycles. The Hall–Kier alpha value is -3.04. The Morgan fingerprint density at radius 2 is 1.68 bits per heavy atom. The largest absolute Gasteiger partial charge is 0.504 e. The summed E-state index contributed by atoms with van der Waals surface area (Å²) >= 11 is 6.98. The molecule has 9 heteroatoms. The molecule has 0 spiro atoms. The van der Waals surface area contributed by atoms with Crippen molar-refractivity contribution in [2.45, 2.75) is 13.5 Å². The third-order valence-electron chi connectivity index (χ3n) is 4.27. The maximum Gasteiger partial charge on any atom is 0.271 e. The summed E-state index contributed by atoms with van der Waals surface area (Å²) in [6.07, 6.45) is 1.16. The van der Waals surface area contributed by atoms with Crippen molar-refractivity contribution in [3.8, 4) is 23.0 Å². The average molecular weight is 550 g/mol. The Labute approximate surface area is 195 Å². The minimum absolute atomic E-state index is 0.136. The van der Waals surface area contributed by atoms with Crippen LogP contribution in [0.3, 0.4) is 0 Å². The summed E-state index contributed by atoms with van der Waals surface area (Å²) in [5.41, 5.74) is 4.84. The van der Waals surface area contributed by atoms with Crippen LogP contribution in [-0.2, 0) is 6.61 Å². The number of nitrogens with zero attached hydrogens (tertiary/aromatic N) is 1. The van der Waals surface area contributed by atoms with Gasteiger partial charge in [-0.25, -0.2) is 5.43 Å². The van der Waals surface area contributed by atoms with Crippen LogP contribution in [0.4, 0.5) is 0 Å². The fourth-order valence-electron chi connectivity index (χ4n) is 2.65. The highest BCUT2D eigenvalue weighted by atomic mass is 79.9. The lowest BCUT2D eigenvalue weighted by molar-refractivity contribution is 0.0955. The second-order valence-corrected chi connectivity index (χ2v) is 8.32. The molecule has 31 heavy (non-hydrogen) atoms. The Morgan fingerprint density at radius 3 is 2.32 bits per heavy atom. The van der Waals surface area contributed by atoms with Gasteiger partial charge >= 0.3 is 0 Å². The van der Waals surface area contributed by atoms with Crippen molar-refractivity contribution in [3.05, 3.63) is 79.7 Å². The summed E-state index contributed by atoms with van der Waals surface area (Å²) in [5.74, 6) is -1.39. The first-order valence-corrected chi connectivity index (χ1v) is 10.6. The minimum atomic E-state index is -0.655. The lowest BCUT2D eigenvalue weighted by Gasteiger charge is -2.11. The van der Waals surface area contributed by atoms with Gasteiger partial charge in [0, 0.05) is 11.1 Å². The number of phenols is 3. The highest BCUT2D eigenvalue weighted by Gasteiger charge is 2.11. The van der Waals surface area contributed by atoms with Gasteiger partial charge in [0.2, 0.25) is 5.75 Å². The molecule has 0 bridgehead atoms. The molecule has 0 unspecified atom stereocenters. The van der Waals surface area contributed by atoms with Crippen molar-refractivity contribution in [2.75, 3.05) is 0 Å². The number of hydrogen-bond acceptors (Lipinski definition) is 6. The number of hydrogen-bond donors (Lipinski definition) is 4. The van der Waals surface area contributed by atoms with Gasteiger partial charge in [-0.1, -0.05) is 12.1 Å². The zero-order valence-corrected chi connectivity index (χ0v) is 19.4. The number of aromatic hydroxyl groups is 3. The van der Waals surface area contributed by atoms with Gasteiger partial charge in [-0.2, -0.15) is 5.10 Å². The number of hydrazone groups is 1. The van der Waals surface area contributed by atoms with E-state index in [-0.39, 0.29) is 5.56 Å². The van der Waals surface area contributed by atoms with E-state index in [1.807, 2.05) is 19.1 Å². The van der Waals surface area contributed by atoms with Gasteiger partial charge in [-0.15, -0.1) is 0 Å². The molecule has 160 valence electrons. The van der Waals surface area contributed by atoms with Gasteiger partial charge in [0.05, 0.1) is 15.2 Å². The number of amides is 1. The van der Waals surface area contributed by atoms with Crippen LogP contribution in [0.2, 0.25) is 0 Å². The summed E-state index contributed by atoms with van der Waals surface area (Å²) < 4.78 is 7.57. The molecule has 1 amide bonds. The number of carbonyl (C=O) groups is 1. The normalized spacial score (nSPS) is 10.9. The number of aryl methyl sites for hydroxylation is 1. The molecular formula is C22H18Br2N2O5. The van der Waals surface area contributed by atoms with E-state index in [1.165, 1.54) is 12.1 Å². The van der Waals surface area contributed by atoms with Crippen LogP contribution in [0.1, 0.15) is 27.0 Å². The van der Waals surface area contributed by atoms with E-state index in [4.69, 9.17) is 4.74 Å². The summed E-state index contributed by atoms with van der Waals surface area (Å²) in [5, 5.41) is 32.3. The summed E-state index contributed by atoms with van der Waals surface area (Å²) in [6.45, 7) is 2.31. The topological polar surface area (TPSA) is 111 Å². The second-order valence-electron chi connectivity index (χ2n) is 6.61. The second kappa shape index (κ2) is 9.84.